The lowest BCUT2D eigenvalue weighted by Gasteiger charge is -1.96. The maximum absolute atomic E-state index is 10.8. The molecule has 0 saturated carbocycles. The first-order chi connectivity index (χ1) is 7.15. The Balaban J connectivity index is 2.30. The van der Waals surface area contributed by atoms with Crippen molar-refractivity contribution >= 4 is 17.2 Å². The second-order valence-corrected chi connectivity index (χ2v) is 3.10. The minimum atomic E-state index is -0.870. The van der Waals surface area contributed by atoms with Crippen LogP contribution in [0.15, 0.2) is 21.5 Å². The molecule has 0 bridgehead atoms. The van der Waals surface area contributed by atoms with Gasteiger partial charge in [0.25, 0.3) is 0 Å². The second-order valence-electron chi connectivity index (χ2n) is 3.10. The second kappa shape index (κ2) is 3.56. The molecule has 6 nitrogen and oxygen atoms in total. The molecule has 0 aromatic carbocycles. The number of carboxylic acids is 1. The van der Waals surface area contributed by atoms with Gasteiger partial charge in [-0.05, 0) is 18.1 Å². The summed E-state index contributed by atoms with van der Waals surface area (Å²) in [6.45, 7) is 0. The van der Waals surface area contributed by atoms with E-state index in [0.717, 1.165) is 5.56 Å². The highest BCUT2D eigenvalue weighted by Gasteiger charge is 2.05. The fourth-order valence-corrected chi connectivity index (χ4v) is 1.27. The Hall–Kier alpha value is -2.11. The van der Waals surface area contributed by atoms with Gasteiger partial charge in [-0.1, -0.05) is 0 Å². The van der Waals surface area contributed by atoms with Gasteiger partial charge < -0.3 is 9.52 Å². The highest BCUT2D eigenvalue weighted by molar-refractivity contribution is 5.69. The van der Waals surface area contributed by atoms with Crippen molar-refractivity contribution in [3.8, 4) is 0 Å². The van der Waals surface area contributed by atoms with Crippen LogP contribution in [0.1, 0.15) is 12.0 Å². The van der Waals surface area contributed by atoms with Crippen LogP contribution in [0.4, 0.5) is 0 Å². The number of rotatable bonds is 3. The molecular weight excluding hydrogens is 200 g/mol. The van der Waals surface area contributed by atoms with Crippen molar-refractivity contribution in [2.75, 3.05) is 0 Å². The van der Waals surface area contributed by atoms with Crippen LogP contribution >= 0.6 is 0 Å². The molecule has 0 fully saturated rings. The molecule has 0 radical (unpaired) electrons. The Morgan fingerprint density at radius 2 is 2.40 bits per heavy atom. The van der Waals surface area contributed by atoms with Crippen LogP contribution in [-0.2, 0) is 11.2 Å². The fourth-order valence-electron chi connectivity index (χ4n) is 1.27. The number of hydrogen-bond donors (Lipinski definition) is 2. The number of pyridine rings is 1. The van der Waals surface area contributed by atoms with Gasteiger partial charge in [0.15, 0.2) is 11.2 Å². The Labute approximate surface area is 83.6 Å². The normalized spacial score (nSPS) is 10.7. The zero-order chi connectivity index (χ0) is 10.8. The molecule has 15 heavy (non-hydrogen) atoms. The van der Waals surface area contributed by atoms with Crippen LogP contribution in [0.25, 0.3) is 11.2 Å². The molecule has 2 N–H and O–H groups in total. The molecule has 0 aliphatic heterocycles. The van der Waals surface area contributed by atoms with E-state index in [2.05, 4.69) is 9.97 Å². The van der Waals surface area contributed by atoms with Gasteiger partial charge in [-0.25, -0.2) is 9.78 Å². The predicted molar refractivity (Wildman–Crippen MR) is 50.6 cm³/mol. The highest BCUT2D eigenvalue weighted by atomic mass is 16.4. The van der Waals surface area contributed by atoms with Gasteiger partial charge in [0.1, 0.15) is 0 Å². The quantitative estimate of drug-likeness (QED) is 0.767. The summed E-state index contributed by atoms with van der Waals surface area (Å²) in [4.78, 5) is 27.5. The Morgan fingerprint density at radius 3 is 3.13 bits per heavy atom. The van der Waals surface area contributed by atoms with Crippen LogP contribution in [0.5, 0.6) is 0 Å². The number of fused-ring (bicyclic) bond motifs is 1. The van der Waals surface area contributed by atoms with Gasteiger partial charge >= 0.3 is 11.7 Å². The number of nitrogens with one attached hydrogen (secondary N) is 1. The molecule has 2 heterocycles. The summed E-state index contributed by atoms with van der Waals surface area (Å²) in [5.41, 5.74) is 1.45. The van der Waals surface area contributed by atoms with Crippen molar-refractivity contribution in [2.45, 2.75) is 12.8 Å². The maximum Gasteiger partial charge on any atom is 0.418 e. The molecule has 0 unspecified atom stereocenters. The number of aliphatic carboxylic acids is 1. The van der Waals surface area contributed by atoms with E-state index in [4.69, 9.17) is 9.52 Å². The number of nitrogens with zero attached hydrogens (tertiary/aromatic N) is 1. The van der Waals surface area contributed by atoms with Crippen molar-refractivity contribution < 1.29 is 14.3 Å². The fraction of sp³-hybridized carbons (Fsp3) is 0.222. The molecule has 2 rings (SSSR count). The molecule has 0 spiro atoms. The smallest absolute Gasteiger partial charge is 0.418 e. The Bertz CT molecular complexity index is 554. The third kappa shape index (κ3) is 2.04. The van der Waals surface area contributed by atoms with E-state index in [1.807, 2.05) is 0 Å². The number of carbonyl (C=O) groups is 1. The lowest BCUT2D eigenvalue weighted by molar-refractivity contribution is -0.136. The lowest BCUT2D eigenvalue weighted by Crippen LogP contribution is -1.97. The van der Waals surface area contributed by atoms with E-state index < -0.39 is 11.7 Å². The first kappa shape index (κ1) is 9.45. The minimum absolute atomic E-state index is 0.0296. The predicted octanol–water partition coefficient (Wildman–Crippen LogP) is 0.533. The summed E-state index contributed by atoms with van der Waals surface area (Å²) in [7, 11) is 0. The average molecular weight is 208 g/mol. The van der Waals surface area contributed by atoms with Crippen molar-refractivity contribution in [3.05, 3.63) is 28.4 Å². The molecule has 6 heteroatoms. The molecule has 2 aromatic heterocycles. The summed E-state index contributed by atoms with van der Waals surface area (Å²) < 4.78 is 4.79. The van der Waals surface area contributed by atoms with Gasteiger partial charge in [-0.2, -0.15) is 0 Å². The van der Waals surface area contributed by atoms with Gasteiger partial charge in [-0.15, -0.1) is 0 Å². The number of hydrogen-bond acceptors (Lipinski definition) is 4. The van der Waals surface area contributed by atoms with Crippen LogP contribution < -0.4 is 5.76 Å². The molecule has 78 valence electrons. The largest absolute Gasteiger partial charge is 0.481 e. The number of aromatic amines is 1. The summed E-state index contributed by atoms with van der Waals surface area (Å²) in [5, 5.41) is 8.49. The Morgan fingerprint density at radius 1 is 1.60 bits per heavy atom. The molecule has 0 amide bonds. The average Bonchev–Trinajstić information content (AvgIpc) is 2.53. The third-order valence-corrected chi connectivity index (χ3v) is 1.96. The van der Waals surface area contributed by atoms with Crippen molar-refractivity contribution in [2.24, 2.45) is 0 Å². The van der Waals surface area contributed by atoms with Gasteiger partial charge in [0, 0.05) is 12.6 Å². The van der Waals surface area contributed by atoms with Gasteiger partial charge in [0.05, 0.1) is 0 Å². The van der Waals surface area contributed by atoms with E-state index in [9.17, 15) is 9.59 Å². The van der Waals surface area contributed by atoms with Crippen LogP contribution in [0, 0.1) is 0 Å². The summed E-state index contributed by atoms with van der Waals surface area (Å²) in [6.07, 6.45) is 1.92. The summed E-state index contributed by atoms with van der Waals surface area (Å²) in [6, 6.07) is 1.61. The van der Waals surface area contributed by atoms with E-state index >= 15 is 0 Å². The molecule has 0 atom stereocenters. The van der Waals surface area contributed by atoms with Crippen molar-refractivity contribution in [1.29, 1.82) is 0 Å². The van der Waals surface area contributed by atoms with Gasteiger partial charge in [0.2, 0.25) is 0 Å². The first-order valence-electron chi connectivity index (χ1n) is 4.35. The molecule has 0 aliphatic rings. The SMILES string of the molecule is O=C(O)CCc1cnc2[nH]c(=O)oc2c1. The van der Waals surface area contributed by atoms with Crippen LogP contribution in [-0.4, -0.2) is 21.0 Å². The number of oxazole rings is 1. The molecule has 0 saturated heterocycles. The number of carboxylic acid groups (broad SMARTS) is 1. The molecule has 2 aromatic rings. The van der Waals surface area contributed by atoms with Crippen LogP contribution in [0.3, 0.4) is 0 Å². The Kier molecular flexibility index (Phi) is 2.24. The van der Waals surface area contributed by atoms with E-state index in [0.29, 0.717) is 17.7 Å². The minimum Gasteiger partial charge on any atom is -0.481 e. The van der Waals surface area contributed by atoms with Crippen molar-refractivity contribution in [1.82, 2.24) is 9.97 Å². The summed E-state index contributed by atoms with van der Waals surface area (Å²) >= 11 is 0. The standard InChI is InChI=1S/C9H8N2O4/c12-7(13)2-1-5-3-6-8(10-4-5)11-9(14)15-6/h3-4H,1-2H2,(H,12,13)(H,10,11,14). The topological polar surface area (TPSA) is 96.2 Å². The number of aromatic nitrogens is 2. The first-order valence-corrected chi connectivity index (χ1v) is 4.35. The van der Waals surface area contributed by atoms with E-state index in [1.165, 1.54) is 6.20 Å². The van der Waals surface area contributed by atoms with Crippen molar-refractivity contribution in [3.63, 3.8) is 0 Å². The lowest BCUT2D eigenvalue weighted by atomic mass is 10.1. The summed E-state index contributed by atoms with van der Waals surface area (Å²) in [5.74, 6) is -1.43. The van der Waals surface area contributed by atoms with Crippen LogP contribution in [0.2, 0.25) is 0 Å². The zero-order valence-electron chi connectivity index (χ0n) is 7.69. The molecule has 0 aliphatic carbocycles. The van der Waals surface area contributed by atoms with E-state index in [-0.39, 0.29) is 6.42 Å². The monoisotopic (exact) mass is 208 g/mol. The number of H-pyrrole nitrogens is 1. The van der Waals surface area contributed by atoms with Gasteiger partial charge in [-0.3, -0.25) is 9.78 Å². The molecular formula is C9H8N2O4. The highest BCUT2D eigenvalue weighted by Crippen LogP contribution is 2.10. The zero-order valence-corrected chi connectivity index (χ0v) is 7.69. The number of aryl methyl sites for hydroxylation is 1. The third-order valence-electron chi connectivity index (χ3n) is 1.96. The van der Waals surface area contributed by atoms with E-state index in [1.54, 1.807) is 6.07 Å². The maximum atomic E-state index is 10.8.